The summed E-state index contributed by atoms with van der Waals surface area (Å²) in [7, 11) is -3.67. The molecule has 2 N–H and O–H groups in total. The number of carboxylic acids is 1. The molecule has 0 aliphatic rings. The van der Waals surface area contributed by atoms with Gasteiger partial charge in [-0.25, -0.2) is 13.2 Å². The summed E-state index contributed by atoms with van der Waals surface area (Å²) in [6.07, 6.45) is 3.08. The molecule has 0 saturated heterocycles. The number of aromatic carboxylic acids is 1. The Morgan fingerprint density at radius 1 is 0.867 bits per heavy atom. The molecule has 3 aromatic rings. The molecule has 5 nitrogen and oxygen atoms in total. The Kier molecular flexibility index (Phi) is 6.90. The molecule has 3 rings (SSSR count). The van der Waals surface area contributed by atoms with Crippen LogP contribution in [-0.2, 0) is 29.3 Å². The van der Waals surface area contributed by atoms with E-state index in [4.69, 9.17) is 0 Å². The van der Waals surface area contributed by atoms with E-state index >= 15 is 0 Å². The zero-order chi connectivity index (χ0) is 21.6. The summed E-state index contributed by atoms with van der Waals surface area (Å²) in [4.78, 5) is 11.6. The highest BCUT2D eigenvalue weighted by molar-refractivity contribution is 7.92. The summed E-state index contributed by atoms with van der Waals surface area (Å²) in [5.74, 6) is -0.947. The lowest BCUT2D eigenvalue weighted by molar-refractivity contribution is 0.0695. The number of carbonyl (C=O) groups is 1. The van der Waals surface area contributed by atoms with Gasteiger partial charge in [0.1, 0.15) is 0 Å². The number of sulfonamides is 1. The predicted molar refractivity (Wildman–Crippen MR) is 118 cm³/mol. The van der Waals surface area contributed by atoms with E-state index in [0.717, 1.165) is 29.5 Å². The zero-order valence-electron chi connectivity index (χ0n) is 16.8. The molecule has 0 aliphatic heterocycles. The highest BCUT2D eigenvalue weighted by Crippen LogP contribution is 2.20. The Labute approximate surface area is 177 Å². The number of hydrogen-bond donors (Lipinski definition) is 2. The van der Waals surface area contributed by atoms with Gasteiger partial charge in [-0.2, -0.15) is 0 Å². The van der Waals surface area contributed by atoms with E-state index in [1.807, 2.05) is 24.3 Å². The van der Waals surface area contributed by atoms with Gasteiger partial charge in [0, 0.05) is 5.69 Å². The van der Waals surface area contributed by atoms with Crippen molar-refractivity contribution in [3.8, 4) is 0 Å². The van der Waals surface area contributed by atoms with Gasteiger partial charge in [0.15, 0.2) is 0 Å². The van der Waals surface area contributed by atoms with Gasteiger partial charge in [-0.1, -0.05) is 55.8 Å². The third-order valence-electron chi connectivity index (χ3n) is 4.88. The number of anilines is 1. The SMILES string of the molecule is CCCc1ccc(S(=O)(=O)Nc2cccc(CCc3ccccc3C(=O)O)c2)cc1. The summed E-state index contributed by atoms with van der Waals surface area (Å²) in [5, 5.41) is 9.31. The van der Waals surface area contributed by atoms with Crippen molar-refractivity contribution in [2.24, 2.45) is 0 Å². The van der Waals surface area contributed by atoms with Crippen molar-refractivity contribution >= 4 is 21.7 Å². The van der Waals surface area contributed by atoms with Crippen LogP contribution in [0, 0.1) is 0 Å². The molecule has 0 aliphatic carbocycles. The lowest BCUT2D eigenvalue weighted by Crippen LogP contribution is -2.13. The fourth-order valence-corrected chi connectivity index (χ4v) is 4.40. The van der Waals surface area contributed by atoms with Crippen molar-refractivity contribution in [2.75, 3.05) is 4.72 Å². The number of aryl methyl sites for hydroxylation is 3. The van der Waals surface area contributed by atoms with Gasteiger partial charge in [0.05, 0.1) is 10.5 Å². The number of hydrogen-bond acceptors (Lipinski definition) is 3. The van der Waals surface area contributed by atoms with E-state index < -0.39 is 16.0 Å². The first-order chi connectivity index (χ1) is 14.4. The van der Waals surface area contributed by atoms with Gasteiger partial charge >= 0.3 is 5.97 Å². The molecule has 6 heteroatoms. The minimum atomic E-state index is -3.67. The molecule has 0 spiro atoms. The van der Waals surface area contributed by atoms with Gasteiger partial charge < -0.3 is 5.11 Å². The van der Waals surface area contributed by atoms with Crippen molar-refractivity contribution in [3.63, 3.8) is 0 Å². The van der Waals surface area contributed by atoms with Crippen LogP contribution in [0.5, 0.6) is 0 Å². The van der Waals surface area contributed by atoms with E-state index in [2.05, 4.69) is 11.6 Å². The van der Waals surface area contributed by atoms with E-state index in [1.54, 1.807) is 48.5 Å². The highest BCUT2D eigenvalue weighted by Gasteiger charge is 2.14. The molecular weight excluding hydrogens is 398 g/mol. The van der Waals surface area contributed by atoms with Crippen LogP contribution in [0.3, 0.4) is 0 Å². The standard InChI is InChI=1S/C24H25NO4S/c1-2-6-18-12-15-22(16-13-18)30(28,29)25-21-9-5-7-19(17-21)11-14-20-8-3-4-10-23(20)24(26)27/h3-5,7-10,12-13,15-17,25H,2,6,11,14H2,1H3,(H,26,27). The Hall–Kier alpha value is -3.12. The summed E-state index contributed by atoms with van der Waals surface area (Å²) in [6, 6.07) is 21.0. The van der Waals surface area contributed by atoms with Gasteiger partial charge in [0.2, 0.25) is 0 Å². The van der Waals surface area contributed by atoms with Crippen molar-refractivity contribution in [3.05, 3.63) is 95.1 Å². The van der Waals surface area contributed by atoms with Gasteiger partial charge in [-0.05, 0) is 66.3 Å². The number of rotatable bonds is 9. The van der Waals surface area contributed by atoms with Gasteiger partial charge in [-0.3, -0.25) is 4.72 Å². The Morgan fingerprint density at radius 2 is 1.60 bits per heavy atom. The minimum absolute atomic E-state index is 0.225. The maximum atomic E-state index is 12.7. The van der Waals surface area contributed by atoms with Crippen LogP contribution in [0.1, 0.15) is 40.4 Å². The van der Waals surface area contributed by atoms with Crippen LogP contribution >= 0.6 is 0 Å². The molecule has 156 valence electrons. The molecule has 0 aromatic heterocycles. The van der Waals surface area contributed by atoms with Crippen molar-refractivity contribution in [1.29, 1.82) is 0 Å². The fraction of sp³-hybridized carbons (Fsp3) is 0.208. The molecule has 0 amide bonds. The van der Waals surface area contributed by atoms with Crippen molar-refractivity contribution < 1.29 is 18.3 Å². The average molecular weight is 424 g/mol. The smallest absolute Gasteiger partial charge is 0.335 e. The van der Waals surface area contributed by atoms with Crippen LogP contribution in [0.2, 0.25) is 0 Å². The second-order valence-electron chi connectivity index (χ2n) is 7.16. The first-order valence-corrected chi connectivity index (χ1v) is 11.4. The quantitative estimate of drug-likeness (QED) is 0.511. The molecule has 0 radical (unpaired) electrons. The van der Waals surface area contributed by atoms with E-state index in [-0.39, 0.29) is 4.90 Å². The molecule has 0 unspecified atom stereocenters. The summed E-state index contributed by atoms with van der Waals surface area (Å²) in [5.41, 5.74) is 3.56. The molecule has 0 atom stereocenters. The van der Waals surface area contributed by atoms with Gasteiger partial charge in [0.25, 0.3) is 10.0 Å². The van der Waals surface area contributed by atoms with Crippen LogP contribution in [0.4, 0.5) is 5.69 Å². The lowest BCUT2D eigenvalue weighted by Gasteiger charge is -2.11. The second kappa shape index (κ2) is 9.59. The Morgan fingerprint density at radius 3 is 2.30 bits per heavy atom. The fourth-order valence-electron chi connectivity index (χ4n) is 3.35. The van der Waals surface area contributed by atoms with Crippen LogP contribution in [0.25, 0.3) is 0 Å². The largest absolute Gasteiger partial charge is 0.478 e. The van der Waals surface area contributed by atoms with Crippen LogP contribution in [-0.4, -0.2) is 19.5 Å². The first kappa shape index (κ1) is 21.6. The molecule has 0 saturated carbocycles. The Balaban J connectivity index is 1.71. The predicted octanol–water partition coefficient (Wildman–Crippen LogP) is 4.92. The number of nitrogens with one attached hydrogen (secondary N) is 1. The average Bonchev–Trinajstić information content (AvgIpc) is 2.73. The molecule has 0 heterocycles. The lowest BCUT2D eigenvalue weighted by atomic mass is 10.00. The van der Waals surface area contributed by atoms with E-state index in [9.17, 15) is 18.3 Å². The van der Waals surface area contributed by atoms with Crippen LogP contribution in [0.15, 0.2) is 77.7 Å². The zero-order valence-corrected chi connectivity index (χ0v) is 17.7. The Bertz CT molecular complexity index is 1120. The number of benzene rings is 3. The third kappa shape index (κ3) is 5.48. The molecule has 0 bridgehead atoms. The molecule has 30 heavy (non-hydrogen) atoms. The minimum Gasteiger partial charge on any atom is -0.478 e. The van der Waals surface area contributed by atoms with Crippen molar-refractivity contribution in [1.82, 2.24) is 0 Å². The molecular formula is C24H25NO4S. The topological polar surface area (TPSA) is 83.5 Å². The van der Waals surface area contributed by atoms with Crippen molar-refractivity contribution in [2.45, 2.75) is 37.5 Å². The van der Waals surface area contributed by atoms with E-state index in [1.165, 1.54) is 0 Å². The summed E-state index contributed by atoms with van der Waals surface area (Å²) >= 11 is 0. The monoisotopic (exact) mass is 423 g/mol. The summed E-state index contributed by atoms with van der Waals surface area (Å²) < 4.78 is 28.0. The van der Waals surface area contributed by atoms with Crippen LogP contribution < -0.4 is 4.72 Å². The third-order valence-corrected chi connectivity index (χ3v) is 6.28. The molecule has 0 fully saturated rings. The normalized spacial score (nSPS) is 11.2. The van der Waals surface area contributed by atoms with E-state index in [0.29, 0.717) is 24.1 Å². The maximum Gasteiger partial charge on any atom is 0.335 e. The molecule has 3 aromatic carbocycles. The number of carboxylic acid groups (broad SMARTS) is 1. The maximum absolute atomic E-state index is 12.7. The first-order valence-electron chi connectivity index (χ1n) is 9.91. The highest BCUT2D eigenvalue weighted by atomic mass is 32.2. The summed E-state index contributed by atoms with van der Waals surface area (Å²) in [6.45, 7) is 2.08. The van der Waals surface area contributed by atoms with Gasteiger partial charge in [-0.15, -0.1) is 0 Å². The second-order valence-corrected chi connectivity index (χ2v) is 8.84.